The summed E-state index contributed by atoms with van der Waals surface area (Å²) in [5.74, 6) is 1.76. The summed E-state index contributed by atoms with van der Waals surface area (Å²) in [6.45, 7) is 2.05. The lowest BCUT2D eigenvalue weighted by Gasteiger charge is -2.38. The Morgan fingerprint density at radius 2 is 1.86 bits per heavy atom. The molecule has 0 saturated heterocycles. The minimum absolute atomic E-state index is 0.809. The molecule has 0 spiro atoms. The molecule has 4 heteroatoms. The van der Waals surface area contributed by atoms with Crippen molar-refractivity contribution in [2.24, 2.45) is 0 Å². The zero-order chi connectivity index (χ0) is 14.2. The van der Waals surface area contributed by atoms with Crippen LogP contribution in [-0.4, -0.2) is 10.2 Å². The third-order valence-electron chi connectivity index (χ3n) is 3.57. The molecule has 0 bridgehead atoms. The summed E-state index contributed by atoms with van der Waals surface area (Å²) in [5.41, 5.74) is 3.28. The van der Waals surface area contributed by atoms with Crippen LogP contribution in [0.5, 0.6) is 5.75 Å². The summed E-state index contributed by atoms with van der Waals surface area (Å²) < 4.78 is 5.94. The largest absolute Gasteiger partial charge is 0.455 e. The fraction of sp³-hybridized carbons (Fsp3) is 0.0588. The number of rotatable bonds is 3. The van der Waals surface area contributed by atoms with E-state index in [4.69, 9.17) is 4.74 Å². The number of para-hydroxylation sites is 2. The van der Waals surface area contributed by atoms with Crippen LogP contribution in [0.4, 0.5) is 11.5 Å². The number of benzene rings is 2. The van der Waals surface area contributed by atoms with Crippen molar-refractivity contribution in [3.05, 3.63) is 78.1 Å². The van der Waals surface area contributed by atoms with Gasteiger partial charge in [0.05, 0.1) is 5.56 Å². The molecule has 0 amide bonds. The van der Waals surface area contributed by atoms with Gasteiger partial charge in [-0.25, -0.2) is 0 Å². The third-order valence-corrected chi connectivity index (χ3v) is 3.57. The van der Waals surface area contributed by atoms with Gasteiger partial charge in [0.1, 0.15) is 5.75 Å². The van der Waals surface area contributed by atoms with Gasteiger partial charge < -0.3 is 4.74 Å². The molecule has 1 aromatic heterocycles. The first-order chi connectivity index (χ1) is 10.3. The maximum atomic E-state index is 5.94. The smallest absolute Gasteiger partial charge is 0.282 e. The Balaban J connectivity index is 1.79. The Labute approximate surface area is 123 Å². The molecule has 103 valence electrons. The molecule has 3 aromatic rings. The molecule has 21 heavy (non-hydrogen) atoms. The first-order valence-electron chi connectivity index (χ1n) is 6.84. The number of H-pyrrole nitrogens is 1. The highest BCUT2D eigenvalue weighted by Crippen LogP contribution is 2.46. The quantitative estimate of drug-likeness (QED) is 0.791. The van der Waals surface area contributed by atoms with Crippen LogP contribution in [0.3, 0.4) is 0 Å². The second kappa shape index (κ2) is 4.66. The van der Waals surface area contributed by atoms with Crippen LogP contribution in [0.25, 0.3) is 0 Å². The fourth-order valence-corrected chi connectivity index (χ4v) is 2.54. The minimum Gasteiger partial charge on any atom is -0.455 e. The fourth-order valence-electron chi connectivity index (χ4n) is 2.54. The van der Waals surface area contributed by atoms with Crippen molar-refractivity contribution in [1.29, 1.82) is 0 Å². The molecular weight excluding hydrogens is 262 g/mol. The molecule has 2 aromatic carbocycles. The average molecular weight is 276 g/mol. The lowest BCUT2D eigenvalue weighted by molar-refractivity contribution is 0.286. The molecule has 1 aliphatic heterocycles. The predicted octanol–water partition coefficient (Wildman–Crippen LogP) is 3.79. The number of hydrogen-bond donors (Lipinski definition) is 1. The van der Waals surface area contributed by atoms with Gasteiger partial charge in [0.2, 0.25) is 0 Å². The van der Waals surface area contributed by atoms with Crippen molar-refractivity contribution in [2.75, 3.05) is 4.90 Å². The van der Waals surface area contributed by atoms with Gasteiger partial charge in [-0.2, -0.15) is 5.10 Å². The Kier molecular flexibility index (Phi) is 2.67. The van der Waals surface area contributed by atoms with Gasteiger partial charge in [0.15, 0.2) is 5.82 Å². The van der Waals surface area contributed by atoms with Crippen LogP contribution >= 0.6 is 0 Å². The van der Waals surface area contributed by atoms with E-state index in [1.807, 2.05) is 53.6 Å². The normalized spacial score (nSPS) is 13.2. The average Bonchev–Trinajstić information content (AvgIpc) is 3.01. The molecule has 0 aliphatic carbocycles. The van der Waals surface area contributed by atoms with Gasteiger partial charge in [-0.1, -0.05) is 30.3 Å². The zero-order valence-electron chi connectivity index (χ0n) is 11.6. The number of nitrogens with one attached hydrogen (secondary N) is 1. The van der Waals surface area contributed by atoms with E-state index < -0.39 is 0 Å². The van der Waals surface area contributed by atoms with Crippen LogP contribution < -0.4 is 9.64 Å². The monoisotopic (exact) mass is 276 g/mol. The highest BCUT2D eigenvalue weighted by molar-refractivity contribution is 5.70. The number of aromatic amines is 1. The van der Waals surface area contributed by atoms with E-state index in [0.29, 0.717) is 0 Å². The maximum Gasteiger partial charge on any atom is 0.282 e. The topological polar surface area (TPSA) is 41.1 Å². The van der Waals surface area contributed by atoms with Gasteiger partial charge in [-0.15, -0.1) is 0 Å². The van der Waals surface area contributed by atoms with Crippen molar-refractivity contribution in [3.63, 3.8) is 0 Å². The number of nitrogens with zero attached hydrogens (tertiary/aromatic N) is 2. The van der Waals surface area contributed by atoms with Crippen LogP contribution in [0.15, 0.2) is 60.8 Å². The predicted molar refractivity (Wildman–Crippen MR) is 81.3 cm³/mol. The van der Waals surface area contributed by atoms with Crippen molar-refractivity contribution < 1.29 is 4.74 Å². The molecule has 0 fully saturated rings. The highest BCUT2D eigenvalue weighted by Gasteiger charge is 2.38. The summed E-state index contributed by atoms with van der Waals surface area (Å²) in [4.78, 5) is 2.01. The zero-order valence-corrected chi connectivity index (χ0v) is 11.6. The van der Waals surface area contributed by atoms with Crippen molar-refractivity contribution in [3.8, 4) is 5.75 Å². The molecule has 0 saturated carbocycles. The first-order valence-corrected chi connectivity index (χ1v) is 6.84. The highest BCUT2D eigenvalue weighted by atomic mass is 16.5. The van der Waals surface area contributed by atoms with Crippen LogP contribution in [0, 0.1) is 13.2 Å². The number of aromatic nitrogens is 2. The maximum absolute atomic E-state index is 5.94. The summed E-state index contributed by atoms with van der Waals surface area (Å²) in [7, 11) is 0. The molecule has 0 atom stereocenters. The van der Waals surface area contributed by atoms with E-state index in [1.54, 1.807) is 0 Å². The SMILES string of the molecule is Cc1cccc2c1O[C]2N(c1ccccc1)c1cc[nH]n1. The number of hydrogen-bond acceptors (Lipinski definition) is 3. The van der Waals surface area contributed by atoms with Gasteiger partial charge >= 0.3 is 0 Å². The van der Waals surface area contributed by atoms with Crippen LogP contribution in [-0.2, 0) is 0 Å². The molecule has 1 radical (unpaired) electrons. The lowest BCUT2D eigenvalue weighted by Crippen LogP contribution is -2.36. The Morgan fingerprint density at radius 1 is 1.00 bits per heavy atom. The van der Waals surface area contributed by atoms with Gasteiger partial charge in [-0.05, 0) is 30.7 Å². The standard InChI is InChI=1S/C17H14N3O/c1-12-6-5-9-14-16(12)21-17(14)20(15-10-11-18-19-15)13-7-3-2-4-8-13/h2-11H,1H3,(H,18,19). The molecule has 2 heterocycles. The molecule has 4 nitrogen and oxygen atoms in total. The third kappa shape index (κ3) is 1.88. The molecule has 1 N–H and O–H groups in total. The van der Waals surface area contributed by atoms with Crippen molar-refractivity contribution in [2.45, 2.75) is 6.92 Å². The van der Waals surface area contributed by atoms with Crippen molar-refractivity contribution in [1.82, 2.24) is 10.2 Å². The molecule has 0 unspecified atom stereocenters. The van der Waals surface area contributed by atoms with Gasteiger partial charge in [-0.3, -0.25) is 10.00 Å². The minimum atomic E-state index is 0.809. The summed E-state index contributed by atoms with van der Waals surface area (Å²) in [6.07, 6.45) is 2.62. The number of aryl methyl sites for hydroxylation is 1. The molecular formula is C17H14N3O. The number of fused-ring (bicyclic) bond motifs is 1. The lowest BCUT2D eigenvalue weighted by atomic mass is 10.0. The van der Waals surface area contributed by atoms with Gasteiger partial charge in [0, 0.05) is 18.0 Å². The molecule has 1 aliphatic rings. The summed E-state index contributed by atoms with van der Waals surface area (Å²) >= 11 is 0. The number of anilines is 2. The Hall–Kier alpha value is -2.75. The first kappa shape index (κ1) is 12.0. The summed E-state index contributed by atoms with van der Waals surface area (Å²) in [5, 5.41) is 7.15. The van der Waals surface area contributed by atoms with E-state index in [9.17, 15) is 0 Å². The second-order valence-corrected chi connectivity index (χ2v) is 4.96. The van der Waals surface area contributed by atoms with E-state index in [0.717, 1.165) is 34.6 Å². The van der Waals surface area contributed by atoms with Gasteiger partial charge in [0.25, 0.3) is 6.23 Å². The van der Waals surface area contributed by atoms with E-state index >= 15 is 0 Å². The van der Waals surface area contributed by atoms with E-state index in [2.05, 4.69) is 29.3 Å². The van der Waals surface area contributed by atoms with Crippen LogP contribution in [0.1, 0.15) is 11.1 Å². The summed E-state index contributed by atoms with van der Waals surface area (Å²) in [6, 6.07) is 18.2. The second-order valence-electron chi connectivity index (χ2n) is 4.96. The van der Waals surface area contributed by atoms with E-state index in [-0.39, 0.29) is 0 Å². The Bertz CT molecular complexity index is 753. The Morgan fingerprint density at radius 3 is 2.62 bits per heavy atom. The molecule has 4 rings (SSSR count). The van der Waals surface area contributed by atoms with Crippen LogP contribution in [0.2, 0.25) is 0 Å². The van der Waals surface area contributed by atoms with Crippen molar-refractivity contribution >= 4 is 11.5 Å². The van der Waals surface area contributed by atoms with E-state index in [1.165, 1.54) is 0 Å². The number of ether oxygens (including phenoxy) is 1.